The maximum Gasteiger partial charge on any atom is 0.255 e. The van der Waals surface area contributed by atoms with E-state index in [4.69, 9.17) is 26.4 Å². The summed E-state index contributed by atoms with van der Waals surface area (Å²) in [5.74, 6) is 1.34. The van der Waals surface area contributed by atoms with E-state index in [0.29, 0.717) is 44.9 Å². The van der Waals surface area contributed by atoms with Gasteiger partial charge in [0, 0.05) is 23.0 Å². The second-order valence-corrected chi connectivity index (χ2v) is 6.75. The molecular weight excluding hydrogens is 390 g/mol. The first-order valence-corrected chi connectivity index (χ1v) is 9.34. The van der Waals surface area contributed by atoms with Crippen LogP contribution in [-0.2, 0) is 4.79 Å². The minimum atomic E-state index is -0.540. The van der Waals surface area contributed by atoms with Gasteiger partial charge in [0.1, 0.15) is 5.75 Å². The lowest BCUT2D eigenvalue weighted by Gasteiger charge is -2.31. The summed E-state index contributed by atoms with van der Waals surface area (Å²) in [7, 11) is 4.67. The number of rotatable bonds is 6. The van der Waals surface area contributed by atoms with Crippen LogP contribution < -0.4 is 30.2 Å². The van der Waals surface area contributed by atoms with Crippen LogP contribution in [0.15, 0.2) is 53.7 Å². The SMILES string of the molecule is COc1cc(OC)c([C@@H]2NC(=S)NC(C)=C2C(=O)Nc2ccccc2)cc1OC. The first-order valence-electron chi connectivity index (χ1n) is 8.93. The molecule has 1 atom stereocenters. The summed E-state index contributed by atoms with van der Waals surface area (Å²) in [4.78, 5) is 13.2. The molecule has 1 aliphatic heterocycles. The van der Waals surface area contributed by atoms with Crippen molar-refractivity contribution >= 4 is 28.9 Å². The number of thiocarbonyl (C=S) groups is 1. The third-order valence-corrected chi connectivity index (χ3v) is 4.81. The average molecular weight is 413 g/mol. The molecule has 7 nitrogen and oxygen atoms in total. The number of hydrogen-bond donors (Lipinski definition) is 3. The van der Waals surface area contributed by atoms with Gasteiger partial charge in [-0.15, -0.1) is 0 Å². The van der Waals surface area contributed by atoms with Crippen molar-refractivity contribution in [3.05, 3.63) is 59.3 Å². The van der Waals surface area contributed by atoms with E-state index in [9.17, 15) is 4.79 Å². The maximum absolute atomic E-state index is 13.2. The van der Waals surface area contributed by atoms with Gasteiger partial charge in [-0.25, -0.2) is 0 Å². The highest BCUT2D eigenvalue weighted by atomic mass is 32.1. The first kappa shape index (κ1) is 20.5. The Morgan fingerprint density at radius 1 is 1.00 bits per heavy atom. The highest BCUT2D eigenvalue weighted by molar-refractivity contribution is 7.80. The van der Waals surface area contributed by atoms with Crippen LogP contribution in [0.3, 0.4) is 0 Å². The van der Waals surface area contributed by atoms with Crippen molar-refractivity contribution in [1.29, 1.82) is 0 Å². The Bertz CT molecular complexity index is 960. The smallest absolute Gasteiger partial charge is 0.255 e. The summed E-state index contributed by atoms with van der Waals surface area (Å²) >= 11 is 5.33. The molecule has 1 amide bonds. The number of carbonyl (C=O) groups excluding carboxylic acids is 1. The number of benzene rings is 2. The van der Waals surface area contributed by atoms with E-state index < -0.39 is 6.04 Å². The van der Waals surface area contributed by atoms with Crippen molar-refractivity contribution in [2.24, 2.45) is 0 Å². The largest absolute Gasteiger partial charge is 0.496 e. The van der Waals surface area contributed by atoms with Gasteiger partial charge in [-0.05, 0) is 37.3 Å². The summed E-state index contributed by atoms with van der Waals surface area (Å²) in [5, 5.41) is 9.54. The highest BCUT2D eigenvalue weighted by Gasteiger charge is 2.32. The van der Waals surface area contributed by atoms with Gasteiger partial charge in [0.2, 0.25) is 0 Å². The van der Waals surface area contributed by atoms with Crippen LogP contribution in [0.2, 0.25) is 0 Å². The van der Waals surface area contributed by atoms with Gasteiger partial charge in [0.25, 0.3) is 5.91 Å². The molecule has 3 N–H and O–H groups in total. The van der Waals surface area contributed by atoms with Crippen molar-refractivity contribution in [2.75, 3.05) is 26.6 Å². The van der Waals surface area contributed by atoms with E-state index in [-0.39, 0.29) is 5.91 Å². The van der Waals surface area contributed by atoms with E-state index in [1.165, 1.54) is 0 Å². The lowest BCUT2D eigenvalue weighted by atomic mass is 9.93. The molecule has 0 fully saturated rings. The molecule has 0 radical (unpaired) electrons. The average Bonchev–Trinajstić information content (AvgIpc) is 2.72. The Balaban J connectivity index is 2.07. The molecule has 152 valence electrons. The van der Waals surface area contributed by atoms with E-state index in [0.717, 1.165) is 0 Å². The van der Waals surface area contributed by atoms with E-state index >= 15 is 0 Å². The zero-order chi connectivity index (χ0) is 21.0. The molecule has 0 spiro atoms. The molecule has 0 saturated heterocycles. The van der Waals surface area contributed by atoms with E-state index in [1.807, 2.05) is 37.3 Å². The van der Waals surface area contributed by atoms with Gasteiger partial charge in [0.15, 0.2) is 16.6 Å². The number of amides is 1. The van der Waals surface area contributed by atoms with Crippen molar-refractivity contribution in [3.63, 3.8) is 0 Å². The fourth-order valence-electron chi connectivity index (χ4n) is 3.23. The second kappa shape index (κ2) is 8.83. The summed E-state index contributed by atoms with van der Waals surface area (Å²) in [6, 6.07) is 12.2. The van der Waals surface area contributed by atoms with Crippen LogP contribution in [0.1, 0.15) is 18.5 Å². The Kier molecular flexibility index (Phi) is 6.23. The van der Waals surface area contributed by atoms with Crippen LogP contribution >= 0.6 is 12.2 Å². The number of methoxy groups -OCH3 is 3. The topological polar surface area (TPSA) is 80.9 Å². The van der Waals surface area contributed by atoms with Crippen LogP contribution in [0.5, 0.6) is 17.2 Å². The molecule has 3 rings (SSSR count). The number of hydrogen-bond acceptors (Lipinski definition) is 5. The van der Waals surface area contributed by atoms with Crippen LogP contribution in [0.4, 0.5) is 5.69 Å². The molecule has 8 heteroatoms. The lowest BCUT2D eigenvalue weighted by molar-refractivity contribution is -0.113. The molecule has 0 aliphatic carbocycles. The molecule has 0 saturated carbocycles. The predicted molar refractivity (Wildman–Crippen MR) is 115 cm³/mol. The quantitative estimate of drug-likeness (QED) is 0.628. The Morgan fingerprint density at radius 2 is 1.62 bits per heavy atom. The van der Waals surface area contributed by atoms with Crippen molar-refractivity contribution in [3.8, 4) is 17.2 Å². The Morgan fingerprint density at radius 3 is 2.24 bits per heavy atom. The van der Waals surface area contributed by atoms with Gasteiger partial charge < -0.3 is 30.2 Å². The van der Waals surface area contributed by atoms with Gasteiger partial charge in [0.05, 0.1) is 32.9 Å². The number of para-hydroxylation sites is 1. The summed E-state index contributed by atoms with van der Waals surface area (Å²) in [6.07, 6.45) is 0. The maximum atomic E-state index is 13.2. The summed E-state index contributed by atoms with van der Waals surface area (Å²) in [5.41, 5.74) is 2.55. The van der Waals surface area contributed by atoms with Gasteiger partial charge in [-0.3, -0.25) is 4.79 Å². The van der Waals surface area contributed by atoms with Crippen molar-refractivity contribution in [2.45, 2.75) is 13.0 Å². The minimum Gasteiger partial charge on any atom is -0.496 e. The van der Waals surface area contributed by atoms with Gasteiger partial charge in [-0.2, -0.15) is 0 Å². The monoisotopic (exact) mass is 413 g/mol. The summed E-state index contributed by atoms with van der Waals surface area (Å²) in [6.45, 7) is 1.81. The fraction of sp³-hybridized carbons (Fsp3) is 0.238. The van der Waals surface area contributed by atoms with Crippen LogP contribution in [-0.4, -0.2) is 32.3 Å². The highest BCUT2D eigenvalue weighted by Crippen LogP contribution is 2.40. The Labute approximate surface area is 175 Å². The second-order valence-electron chi connectivity index (χ2n) is 6.34. The lowest BCUT2D eigenvalue weighted by Crippen LogP contribution is -2.45. The van der Waals surface area contributed by atoms with Crippen molar-refractivity contribution < 1.29 is 19.0 Å². The van der Waals surface area contributed by atoms with Crippen LogP contribution in [0.25, 0.3) is 0 Å². The van der Waals surface area contributed by atoms with Crippen LogP contribution in [0, 0.1) is 0 Å². The summed E-state index contributed by atoms with van der Waals surface area (Å²) < 4.78 is 16.4. The predicted octanol–water partition coefficient (Wildman–Crippen LogP) is 3.14. The third-order valence-electron chi connectivity index (χ3n) is 4.59. The molecule has 0 unspecified atom stereocenters. The molecule has 0 aromatic heterocycles. The van der Waals surface area contributed by atoms with E-state index in [2.05, 4.69) is 16.0 Å². The molecule has 2 aromatic rings. The first-order chi connectivity index (χ1) is 14.0. The van der Waals surface area contributed by atoms with E-state index in [1.54, 1.807) is 33.5 Å². The minimum absolute atomic E-state index is 0.252. The fourth-order valence-corrected chi connectivity index (χ4v) is 3.50. The molecular formula is C21H23N3O4S. The molecule has 29 heavy (non-hydrogen) atoms. The standard InChI is InChI=1S/C21H23N3O4S/c1-12-18(20(25)23-13-8-6-5-7-9-13)19(24-21(29)22-12)14-10-16(27-3)17(28-4)11-15(14)26-2/h5-11,19H,1-4H3,(H,23,25)(H2,22,24,29)/t19-/m0/s1. The molecule has 2 aromatic carbocycles. The molecule has 0 bridgehead atoms. The number of carbonyl (C=O) groups is 1. The van der Waals surface area contributed by atoms with Gasteiger partial charge in [-0.1, -0.05) is 18.2 Å². The van der Waals surface area contributed by atoms with Gasteiger partial charge >= 0.3 is 0 Å². The molecule has 1 aliphatic rings. The normalized spacial score (nSPS) is 15.9. The zero-order valence-corrected chi connectivity index (χ0v) is 17.5. The Hall–Kier alpha value is -3.26. The number of allylic oxidation sites excluding steroid dienone is 1. The number of nitrogens with one attached hydrogen (secondary N) is 3. The number of ether oxygens (including phenoxy) is 3. The zero-order valence-electron chi connectivity index (χ0n) is 16.7. The number of anilines is 1. The third kappa shape index (κ3) is 4.27. The van der Waals surface area contributed by atoms with Crippen molar-refractivity contribution in [1.82, 2.24) is 10.6 Å². The molecule has 1 heterocycles.